The lowest BCUT2D eigenvalue weighted by Crippen LogP contribution is -2.22. The van der Waals surface area contributed by atoms with Gasteiger partial charge in [-0.15, -0.1) is 22.0 Å². The first kappa shape index (κ1) is 18.5. The van der Waals surface area contributed by atoms with E-state index >= 15 is 0 Å². The molecule has 0 aliphatic heterocycles. The fourth-order valence-corrected chi connectivity index (χ4v) is 3.01. The third-order valence-corrected chi connectivity index (χ3v) is 5.13. The normalized spacial score (nSPS) is 12.3. The van der Waals surface area contributed by atoms with E-state index < -0.39 is 0 Å². The molecule has 0 spiro atoms. The third kappa shape index (κ3) is 4.26. The molecule has 0 fully saturated rings. The molecular weight excluding hydrogens is 346 g/mol. The maximum atomic E-state index is 5.89. The molecule has 1 unspecified atom stereocenters. The van der Waals surface area contributed by atoms with Gasteiger partial charge in [0, 0.05) is 17.0 Å². The fourth-order valence-electron chi connectivity index (χ4n) is 2.60. The Morgan fingerprint density at radius 1 is 1.08 bits per heavy atom. The molecule has 0 radical (unpaired) electrons. The van der Waals surface area contributed by atoms with Crippen LogP contribution in [0.1, 0.15) is 24.4 Å². The molecule has 0 saturated carbocycles. The summed E-state index contributed by atoms with van der Waals surface area (Å²) < 4.78 is 11.1. The van der Waals surface area contributed by atoms with Crippen molar-refractivity contribution >= 4 is 11.8 Å². The number of ether oxygens (including phenoxy) is 1. The molecule has 0 N–H and O–H groups in total. The molecule has 0 amide bonds. The summed E-state index contributed by atoms with van der Waals surface area (Å²) in [7, 11) is 3.70. The zero-order valence-corrected chi connectivity index (χ0v) is 16.3. The first-order valence-corrected chi connectivity index (χ1v) is 9.64. The lowest BCUT2D eigenvalue weighted by atomic mass is 10.2. The Bertz CT molecular complexity index is 831. The van der Waals surface area contributed by atoms with Crippen molar-refractivity contribution in [2.45, 2.75) is 24.4 Å². The zero-order valence-electron chi connectivity index (χ0n) is 15.5. The van der Waals surface area contributed by atoms with Crippen molar-refractivity contribution in [3.63, 3.8) is 0 Å². The second-order valence-corrected chi connectivity index (χ2v) is 6.99. The number of nitrogens with zero attached hydrogens (tertiary/aromatic N) is 3. The maximum absolute atomic E-state index is 5.89. The SMILES string of the molecule is COc1ccc(-c2nnc(C(C)N(C)Cc3ccc(SC)cc3)o2)cc1. The molecule has 136 valence electrons. The molecule has 3 aromatic rings. The van der Waals surface area contributed by atoms with E-state index in [-0.39, 0.29) is 6.04 Å². The Labute approximate surface area is 158 Å². The van der Waals surface area contributed by atoms with Crippen LogP contribution in [0.4, 0.5) is 0 Å². The van der Waals surface area contributed by atoms with Crippen LogP contribution in [0.2, 0.25) is 0 Å². The van der Waals surface area contributed by atoms with Crippen molar-refractivity contribution in [1.29, 1.82) is 0 Å². The van der Waals surface area contributed by atoms with Gasteiger partial charge in [0.1, 0.15) is 5.75 Å². The Kier molecular flexibility index (Phi) is 5.96. The maximum Gasteiger partial charge on any atom is 0.247 e. The molecule has 3 rings (SSSR count). The predicted molar refractivity (Wildman–Crippen MR) is 104 cm³/mol. The molecule has 2 aromatic carbocycles. The molecule has 1 aromatic heterocycles. The average Bonchev–Trinajstić information content (AvgIpc) is 3.18. The van der Waals surface area contributed by atoms with Gasteiger partial charge in [-0.25, -0.2) is 0 Å². The van der Waals surface area contributed by atoms with Crippen LogP contribution in [0.15, 0.2) is 57.8 Å². The summed E-state index contributed by atoms with van der Waals surface area (Å²) in [4.78, 5) is 3.46. The number of benzene rings is 2. The Hall–Kier alpha value is -2.31. The first-order chi connectivity index (χ1) is 12.6. The fraction of sp³-hybridized carbons (Fsp3) is 0.300. The smallest absolute Gasteiger partial charge is 0.247 e. The molecular formula is C20H23N3O2S. The van der Waals surface area contributed by atoms with Crippen molar-refractivity contribution in [3.05, 3.63) is 60.0 Å². The van der Waals surface area contributed by atoms with Gasteiger partial charge in [0.05, 0.1) is 13.2 Å². The summed E-state index contributed by atoms with van der Waals surface area (Å²) in [5, 5.41) is 8.42. The van der Waals surface area contributed by atoms with Crippen molar-refractivity contribution in [1.82, 2.24) is 15.1 Å². The summed E-state index contributed by atoms with van der Waals surface area (Å²) >= 11 is 1.75. The molecule has 6 heteroatoms. The van der Waals surface area contributed by atoms with E-state index in [0.717, 1.165) is 17.9 Å². The number of hydrogen-bond acceptors (Lipinski definition) is 6. The molecule has 1 atom stereocenters. The van der Waals surface area contributed by atoms with Gasteiger partial charge in [-0.2, -0.15) is 0 Å². The Morgan fingerprint density at radius 3 is 2.38 bits per heavy atom. The van der Waals surface area contributed by atoms with Crippen molar-refractivity contribution in [2.24, 2.45) is 0 Å². The number of methoxy groups -OCH3 is 1. The first-order valence-electron chi connectivity index (χ1n) is 8.41. The van der Waals surface area contributed by atoms with E-state index in [1.165, 1.54) is 10.5 Å². The molecule has 0 bridgehead atoms. The van der Waals surface area contributed by atoms with E-state index in [0.29, 0.717) is 11.8 Å². The van der Waals surface area contributed by atoms with Crippen molar-refractivity contribution < 1.29 is 9.15 Å². The Balaban J connectivity index is 1.68. The van der Waals surface area contributed by atoms with E-state index in [1.54, 1.807) is 18.9 Å². The molecule has 0 aliphatic rings. The minimum atomic E-state index is 0.0229. The number of hydrogen-bond donors (Lipinski definition) is 0. The van der Waals surface area contributed by atoms with E-state index in [4.69, 9.17) is 9.15 Å². The minimum Gasteiger partial charge on any atom is -0.497 e. The van der Waals surface area contributed by atoms with Crippen LogP contribution >= 0.6 is 11.8 Å². The minimum absolute atomic E-state index is 0.0229. The molecule has 26 heavy (non-hydrogen) atoms. The quantitative estimate of drug-likeness (QED) is 0.565. The standard InChI is InChI=1S/C20H23N3O2S/c1-14(23(2)13-15-5-11-18(26-4)12-6-15)19-21-22-20(25-19)16-7-9-17(24-3)10-8-16/h5-12,14H,13H2,1-4H3. The van der Waals surface area contributed by atoms with Gasteiger partial charge in [-0.05, 0) is 62.2 Å². The van der Waals surface area contributed by atoms with Gasteiger partial charge in [0.15, 0.2) is 0 Å². The summed E-state index contributed by atoms with van der Waals surface area (Å²) in [6.07, 6.45) is 2.08. The number of rotatable bonds is 7. The number of thioether (sulfide) groups is 1. The highest BCUT2D eigenvalue weighted by atomic mass is 32.2. The molecule has 0 aliphatic carbocycles. The highest BCUT2D eigenvalue weighted by Crippen LogP contribution is 2.26. The second-order valence-electron chi connectivity index (χ2n) is 6.11. The highest BCUT2D eigenvalue weighted by molar-refractivity contribution is 7.98. The summed E-state index contributed by atoms with van der Waals surface area (Å²) in [5.41, 5.74) is 2.14. The van der Waals surface area contributed by atoms with Gasteiger partial charge >= 0.3 is 0 Å². The Morgan fingerprint density at radius 2 is 1.77 bits per heavy atom. The van der Waals surface area contributed by atoms with E-state index in [2.05, 4.69) is 59.6 Å². The summed E-state index contributed by atoms with van der Waals surface area (Å²) in [6, 6.07) is 16.2. The topological polar surface area (TPSA) is 51.4 Å². The van der Waals surface area contributed by atoms with Crippen LogP contribution in [-0.4, -0.2) is 35.5 Å². The molecule has 5 nitrogen and oxygen atoms in total. The van der Waals surface area contributed by atoms with Crippen molar-refractivity contribution in [2.75, 3.05) is 20.4 Å². The largest absolute Gasteiger partial charge is 0.497 e. The lowest BCUT2D eigenvalue weighted by molar-refractivity contribution is 0.218. The van der Waals surface area contributed by atoms with Gasteiger partial charge in [-0.3, -0.25) is 4.90 Å². The number of aromatic nitrogens is 2. The molecule has 0 saturated heterocycles. The zero-order chi connectivity index (χ0) is 18.5. The lowest BCUT2D eigenvalue weighted by Gasteiger charge is -2.21. The van der Waals surface area contributed by atoms with Gasteiger partial charge in [-0.1, -0.05) is 12.1 Å². The average molecular weight is 369 g/mol. The van der Waals surface area contributed by atoms with E-state index in [1.807, 2.05) is 24.3 Å². The molecule has 1 heterocycles. The van der Waals surface area contributed by atoms with Crippen LogP contribution < -0.4 is 4.74 Å². The van der Waals surface area contributed by atoms with Crippen LogP contribution in [0.5, 0.6) is 5.75 Å². The van der Waals surface area contributed by atoms with Crippen LogP contribution in [0.25, 0.3) is 11.5 Å². The van der Waals surface area contributed by atoms with Crippen LogP contribution in [0.3, 0.4) is 0 Å². The van der Waals surface area contributed by atoms with Gasteiger partial charge < -0.3 is 9.15 Å². The predicted octanol–water partition coefficient (Wildman–Crippen LogP) is 4.66. The second kappa shape index (κ2) is 8.38. The van der Waals surface area contributed by atoms with E-state index in [9.17, 15) is 0 Å². The van der Waals surface area contributed by atoms with Crippen LogP contribution in [-0.2, 0) is 6.54 Å². The highest BCUT2D eigenvalue weighted by Gasteiger charge is 2.19. The van der Waals surface area contributed by atoms with Crippen LogP contribution in [0, 0.1) is 0 Å². The monoisotopic (exact) mass is 369 g/mol. The third-order valence-electron chi connectivity index (χ3n) is 4.39. The summed E-state index contributed by atoms with van der Waals surface area (Å²) in [6.45, 7) is 2.89. The van der Waals surface area contributed by atoms with Gasteiger partial charge in [0.25, 0.3) is 0 Å². The van der Waals surface area contributed by atoms with Crippen molar-refractivity contribution in [3.8, 4) is 17.2 Å². The summed E-state index contributed by atoms with van der Waals surface area (Å²) in [5.74, 6) is 1.93. The van der Waals surface area contributed by atoms with Gasteiger partial charge in [0.2, 0.25) is 11.8 Å².